The molecule has 10 heteroatoms. The van der Waals surface area contributed by atoms with E-state index >= 15 is 4.39 Å². The molecule has 0 N–H and O–H groups in total. The summed E-state index contributed by atoms with van der Waals surface area (Å²) in [5.41, 5.74) is 2.63. The van der Waals surface area contributed by atoms with Crippen molar-refractivity contribution in [3.63, 3.8) is 0 Å². The highest BCUT2D eigenvalue weighted by Gasteiger charge is 2.24. The molecule has 1 saturated heterocycles. The number of benzene rings is 3. The Balaban J connectivity index is 1.24. The third-order valence-electron chi connectivity index (χ3n) is 7.45. The van der Waals surface area contributed by atoms with Gasteiger partial charge in [0.2, 0.25) is 5.88 Å². The first-order chi connectivity index (χ1) is 20.8. The molecule has 3 aromatic carbocycles. The van der Waals surface area contributed by atoms with E-state index in [9.17, 15) is 13.6 Å². The van der Waals surface area contributed by atoms with Crippen LogP contribution < -0.4 is 4.74 Å². The lowest BCUT2D eigenvalue weighted by Crippen LogP contribution is -2.31. The van der Waals surface area contributed by atoms with Gasteiger partial charge in [-0.15, -0.1) is 0 Å². The van der Waals surface area contributed by atoms with Gasteiger partial charge in [-0.2, -0.15) is 5.26 Å². The number of nitrogens with zero attached hydrogens (tertiary/aromatic N) is 4. The summed E-state index contributed by atoms with van der Waals surface area (Å²) in [6.45, 7) is 2.33. The zero-order valence-electron chi connectivity index (χ0n) is 23.1. The Kier molecular flexibility index (Phi) is 7.65. The quantitative estimate of drug-likeness (QED) is 0.183. The molecule has 2 aromatic heterocycles. The minimum Gasteiger partial charge on any atom is -0.473 e. The van der Waals surface area contributed by atoms with E-state index in [0.717, 1.165) is 12.5 Å². The van der Waals surface area contributed by atoms with Crippen LogP contribution in [0.4, 0.5) is 13.2 Å². The molecule has 7 nitrogen and oxygen atoms in total. The minimum atomic E-state index is -0.608. The van der Waals surface area contributed by atoms with Gasteiger partial charge >= 0.3 is 0 Å². The van der Waals surface area contributed by atoms with Crippen molar-refractivity contribution in [1.29, 1.82) is 5.26 Å². The smallest absolute Gasteiger partial charge is 0.214 e. The van der Waals surface area contributed by atoms with Gasteiger partial charge in [-0.25, -0.2) is 23.1 Å². The van der Waals surface area contributed by atoms with Gasteiger partial charge in [-0.3, -0.25) is 4.79 Å². The number of aromatic nitrogens is 3. The summed E-state index contributed by atoms with van der Waals surface area (Å²) in [4.78, 5) is 20.9. The number of rotatable bonds is 9. The molecule has 0 spiro atoms. The summed E-state index contributed by atoms with van der Waals surface area (Å²) >= 11 is 0. The Morgan fingerprint density at radius 3 is 2.51 bits per heavy atom. The van der Waals surface area contributed by atoms with E-state index in [-0.39, 0.29) is 53.0 Å². The van der Waals surface area contributed by atoms with Crippen molar-refractivity contribution >= 4 is 16.8 Å². The van der Waals surface area contributed by atoms with E-state index in [2.05, 4.69) is 9.97 Å². The molecule has 0 aliphatic carbocycles. The summed E-state index contributed by atoms with van der Waals surface area (Å²) in [6, 6.07) is 18.5. The highest BCUT2D eigenvalue weighted by atomic mass is 19.1. The maximum absolute atomic E-state index is 15.5. The van der Waals surface area contributed by atoms with Crippen LogP contribution >= 0.6 is 0 Å². The topological polar surface area (TPSA) is 90.0 Å². The second kappa shape index (κ2) is 11.7. The fraction of sp³-hybridized carbons (Fsp3) is 0.212. The van der Waals surface area contributed by atoms with Crippen molar-refractivity contribution in [3.05, 3.63) is 112 Å². The molecular weight excluding hydrogens is 557 g/mol. The highest BCUT2D eigenvalue weighted by Crippen LogP contribution is 2.28. The Labute approximate surface area is 245 Å². The molecule has 6 rings (SSSR count). The van der Waals surface area contributed by atoms with Gasteiger partial charge in [0.05, 0.1) is 35.5 Å². The fourth-order valence-corrected chi connectivity index (χ4v) is 4.97. The summed E-state index contributed by atoms with van der Waals surface area (Å²) in [5.74, 6) is -1.23. The van der Waals surface area contributed by atoms with Gasteiger partial charge in [0.15, 0.2) is 11.6 Å². The predicted octanol–water partition coefficient (Wildman–Crippen LogP) is 6.55. The fourth-order valence-electron chi connectivity index (χ4n) is 4.97. The molecule has 0 radical (unpaired) electrons. The van der Waals surface area contributed by atoms with Crippen LogP contribution in [0, 0.1) is 28.8 Å². The van der Waals surface area contributed by atoms with Crippen LogP contribution in [0.5, 0.6) is 5.88 Å². The Morgan fingerprint density at radius 1 is 1.02 bits per heavy atom. The molecule has 1 aliphatic rings. The van der Waals surface area contributed by atoms with Crippen LogP contribution in [0.15, 0.2) is 66.7 Å². The van der Waals surface area contributed by atoms with Crippen LogP contribution in [0.2, 0.25) is 0 Å². The number of pyridine rings is 1. The first-order valence-electron chi connectivity index (χ1n) is 13.7. The number of carbonyl (C=O) groups excluding carboxylic acids is 1. The van der Waals surface area contributed by atoms with E-state index in [1.807, 2.05) is 6.07 Å². The molecule has 43 heavy (non-hydrogen) atoms. The molecule has 5 aromatic rings. The van der Waals surface area contributed by atoms with Crippen LogP contribution in [0.1, 0.15) is 46.2 Å². The third kappa shape index (κ3) is 5.85. The van der Waals surface area contributed by atoms with E-state index in [1.165, 1.54) is 31.2 Å². The predicted molar refractivity (Wildman–Crippen MR) is 152 cm³/mol. The van der Waals surface area contributed by atoms with Crippen molar-refractivity contribution in [1.82, 2.24) is 14.5 Å². The Bertz CT molecular complexity index is 1910. The molecular formula is C33H25F3N4O3. The number of halogens is 3. The Morgan fingerprint density at radius 2 is 1.81 bits per heavy atom. The molecule has 1 aliphatic heterocycles. The lowest BCUT2D eigenvalue weighted by molar-refractivity contribution is -0.0589. The maximum atomic E-state index is 15.5. The van der Waals surface area contributed by atoms with Crippen molar-refractivity contribution in [2.24, 2.45) is 0 Å². The van der Waals surface area contributed by atoms with Crippen molar-refractivity contribution in [2.75, 3.05) is 6.61 Å². The monoisotopic (exact) mass is 582 g/mol. The van der Waals surface area contributed by atoms with E-state index in [1.54, 1.807) is 41.0 Å². The zero-order chi connectivity index (χ0) is 30.1. The van der Waals surface area contributed by atoms with Gasteiger partial charge in [0.1, 0.15) is 29.6 Å². The number of nitriles is 1. The normalized spacial score (nSPS) is 14.3. The van der Waals surface area contributed by atoms with E-state index in [4.69, 9.17) is 14.7 Å². The van der Waals surface area contributed by atoms with Crippen molar-refractivity contribution < 1.29 is 27.4 Å². The molecule has 1 fully saturated rings. The molecule has 1 atom stereocenters. The van der Waals surface area contributed by atoms with Gasteiger partial charge < -0.3 is 14.0 Å². The van der Waals surface area contributed by atoms with Crippen LogP contribution in [-0.4, -0.2) is 33.0 Å². The van der Waals surface area contributed by atoms with Crippen LogP contribution in [-0.2, 0) is 24.3 Å². The van der Waals surface area contributed by atoms with Gasteiger partial charge in [0, 0.05) is 35.8 Å². The van der Waals surface area contributed by atoms with Crippen molar-refractivity contribution in [2.45, 2.75) is 39.0 Å². The largest absolute Gasteiger partial charge is 0.473 e. The number of imidazole rings is 1. The molecule has 0 saturated carbocycles. The highest BCUT2D eigenvalue weighted by molar-refractivity contribution is 5.97. The number of carbonyl (C=O) groups is 1. The van der Waals surface area contributed by atoms with Gasteiger partial charge in [-0.05, 0) is 55.3 Å². The first-order valence-corrected chi connectivity index (χ1v) is 13.7. The molecule has 3 heterocycles. The number of fused-ring (bicyclic) bond motifs is 1. The van der Waals surface area contributed by atoms with Gasteiger partial charge in [-0.1, -0.05) is 24.3 Å². The number of ether oxygens (including phenoxy) is 2. The molecule has 0 amide bonds. The summed E-state index contributed by atoms with van der Waals surface area (Å²) in [5, 5.41) is 8.91. The number of ketones is 1. The molecule has 0 unspecified atom stereocenters. The van der Waals surface area contributed by atoms with Gasteiger partial charge in [0.25, 0.3) is 0 Å². The van der Waals surface area contributed by atoms with E-state index < -0.39 is 17.5 Å². The zero-order valence-corrected chi connectivity index (χ0v) is 23.1. The van der Waals surface area contributed by atoms with Crippen molar-refractivity contribution in [3.8, 4) is 23.2 Å². The first kappa shape index (κ1) is 28.1. The lowest BCUT2D eigenvalue weighted by Gasteiger charge is -2.27. The summed E-state index contributed by atoms with van der Waals surface area (Å²) in [6.07, 6.45) is 0.867. The third-order valence-corrected chi connectivity index (χ3v) is 7.45. The van der Waals surface area contributed by atoms with Crippen LogP contribution in [0.3, 0.4) is 0 Å². The minimum absolute atomic E-state index is 0.0682. The molecule has 216 valence electrons. The lowest BCUT2D eigenvalue weighted by atomic mass is 10.1. The van der Waals surface area contributed by atoms with E-state index in [0.29, 0.717) is 41.3 Å². The Hall–Kier alpha value is -5.01. The summed E-state index contributed by atoms with van der Waals surface area (Å²) in [7, 11) is 0. The maximum Gasteiger partial charge on any atom is 0.214 e. The SMILES string of the molecule is CC(=O)c1cc(F)c2nc(Cc3ccc(-c4cccc(OCc5ccc(C#N)cc5F)n4)cc3F)n(C[C@@H]3CCO3)c2c1. The summed E-state index contributed by atoms with van der Waals surface area (Å²) < 4.78 is 57.7. The average Bonchev–Trinajstić information content (AvgIpc) is 3.32. The number of hydrogen-bond acceptors (Lipinski definition) is 6. The second-order valence-electron chi connectivity index (χ2n) is 10.4. The average molecular weight is 583 g/mol. The second-order valence-corrected chi connectivity index (χ2v) is 10.4. The molecule has 0 bridgehead atoms. The van der Waals surface area contributed by atoms with Crippen LogP contribution in [0.25, 0.3) is 22.3 Å². The standard InChI is InChI=1S/C33H25F3N4O3/c1-19(41)24-13-28(36)33-30(14-24)40(17-25-9-10-42-25)31(39-33)15-21-7-8-22(12-27(21)35)29-3-2-4-32(38-29)43-18-23-6-5-20(16-37)11-26(23)34/h2-8,11-14,25H,9-10,15,17-18H2,1H3/t25-/m0/s1. The number of Topliss-reactive ketones (excluding diaryl/α,β-unsaturated/α-hetero) is 1. The number of hydrogen-bond donors (Lipinski definition) is 0.